The molecule has 0 spiro atoms. The molecule has 0 saturated carbocycles. The van der Waals surface area contributed by atoms with E-state index in [1.807, 2.05) is 47.5 Å². The van der Waals surface area contributed by atoms with E-state index in [2.05, 4.69) is 18.1 Å². The first-order valence-corrected chi connectivity index (χ1v) is 12.2. The van der Waals surface area contributed by atoms with Crippen molar-refractivity contribution >= 4 is 16.1 Å². The monoisotopic (exact) mass is 455 g/mol. The van der Waals surface area contributed by atoms with Gasteiger partial charge in [-0.2, -0.15) is 5.10 Å². The van der Waals surface area contributed by atoms with Crippen LogP contribution < -0.4 is 4.72 Å². The van der Waals surface area contributed by atoms with Crippen molar-refractivity contribution in [2.75, 3.05) is 6.61 Å². The molecule has 0 unspecified atom stereocenters. The summed E-state index contributed by atoms with van der Waals surface area (Å²) >= 11 is 0. The molecule has 1 amide bonds. The zero-order valence-electron chi connectivity index (χ0n) is 18.9. The summed E-state index contributed by atoms with van der Waals surface area (Å²) in [6, 6.07) is 14.7. The van der Waals surface area contributed by atoms with Crippen LogP contribution in [0.15, 0.2) is 53.4 Å². The third-order valence-corrected chi connectivity index (χ3v) is 6.40. The minimum Gasteiger partial charge on any atom is -0.449 e. The number of aryl methyl sites for hydroxylation is 3. The summed E-state index contributed by atoms with van der Waals surface area (Å²) in [5, 5.41) is 4.62. The maximum atomic E-state index is 12.8. The molecule has 1 N–H and O–H groups in total. The van der Waals surface area contributed by atoms with E-state index in [0.29, 0.717) is 5.56 Å². The fraction of sp³-hybridized carbons (Fsp3) is 0.333. The Balaban J connectivity index is 1.98. The highest BCUT2D eigenvalue weighted by molar-refractivity contribution is 7.90. The van der Waals surface area contributed by atoms with Gasteiger partial charge in [0.05, 0.1) is 22.9 Å². The Kier molecular flexibility index (Phi) is 7.35. The summed E-state index contributed by atoms with van der Waals surface area (Å²) in [5.41, 5.74) is 5.15. The predicted octanol–water partition coefficient (Wildman–Crippen LogP) is 4.93. The summed E-state index contributed by atoms with van der Waals surface area (Å²) < 4.78 is 34.3. The number of amides is 1. The average molecular weight is 456 g/mol. The molecule has 1 aromatic heterocycles. The van der Waals surface area contributed by atoms with Crippen molar-refractivity contribution < 1.29 is 17.9 Å². The van der Waals surface area contributed by atoms with Crippen LogP contribution in [-0.2, 0) is 21.2 Å². The molecule has 32 heavy (non-hydrogen) atoms. The molecule has 0 aliphatic carbocycles. The number of nitrogens with one attached hydrogen (secondary N) is 1. The first-order valence-electron chi connectivity index (χ1n) is 10.7. The molecule has 3 rings (SSSR count). The third-order valence-electron chi connectivity index (χ3n) is 5.03. The molecule has 2 aromatic carbocycles. The van der Waals surface area contributed by atoms with Crippen LogP contribution >= 0.6 is 0 Å². The van der Waals surface area contributed by atoms with Crippen LogP contribution in [0.5, 0.6) is 0 Å². The van der Waals surface area contributed by atoms with Crippen LogP contribution in [0.4, 0.5) is 4.79 Å². The van der Waals surface area contributed by atoms with E-state index >= 15 is 0 Å². The Morgan fingerprint density at radius 1 is 1.06 bits per heavy atom. The second-order valence-corrected chi connectivity index (χ2v) is 9.32. The van der Waals surface area contributed by atoms with Crippen molar-refractivity contribution in [2.24, 2.45) is 0 Å². The number of hydrogen-bond donors (Lipinski definition) is 1. The quantitative estimate of drug-likeness (QED) is 0.520. The summed E-state index contributed by atoms with van der Waals surface area (Å²) in [5.74, 6) is 0. The normalized spacial score (nSPS) is 11.4. The van der Waals surface area contributed by atoms with Crippen molar-refractivity contribution in [1.82, 2.24) is 14.5 Å². The molecule has 7 nitrogen and oxygen atoms in total. The molecule has 8 heteroatoms. The lowest BCUT2D eigenvalue weighted by atomic mass is 10.0. The minimum atomic E-state index is -4.10. The van der Waals surface area contributed by atoms with Gasteiger partial charge in [0, 0.05) is 11.3 Å². The SMILES string of the molecule is CCCCc1cc(C)nn1-c1ccc(-c2cc(C)ccc2S(=O)(=O)NC(=O)OCC)cc1. The number of unbranched alkanes of at least 4 members (excludes halogenated alkanes) is 1. The molecule has 0 radical (unpaired) electrons. The van der Waals surface area contributed by atoms with Gasteiger partial charge in [-0.1, -0.05) is 43.2 Å². The average Bonchev–Trinajstić information content (AvgIpc) is 3.12. The summed E-state index contributed by atoms with van der Waals surface area (Å²) in [4.78, 5) is 11.8. The molecular formula is C24H29N3O4S. The number of aromatic nitrogens is 2. The Hall–Kier alpha value is -3.13. The van der Waals surface area contributed by atoms with Crippen LogP contribution in [0.3, 0.4) is 0 Å². The molecule has 0 atom stereocenters. The number of carbonyl (C=O) groups is 1. The van der Waals surface area contributed by atoms with Crippen LogP contribution in [0.2, 0.25) is 0 Å². The second-order valence-electron chi connectivity index (χ2n) is 7.66. The molecule has 1 heterocycles. The Morgan fingerprint density at radius 3 is 2.44 bits per heavy atom. The summed E-state index contributed by atoms with van der Waals surface area (Å²) in [7, 11) is -4.10. The highest BCUT2D eigenvalue weighted by Gasteiger charge is 2.23. The highest BCUT2D eigenvalue weighted by Crippen LogP contribution is 2.29. The van der Waals surface area contributed by atoms with Crippen LogP contribution in [0, 0.1) is 13.8 Å². The van der Waals surface area contributed by atoms with Crippen LogP contribution in [0.1, 0.15) is 43.6 Å². The molecule has 0 fully saturated rings. The smallest absolute Gasteiger partial charge is 0.421 e. The Bertz CT molecular complexity index is 1200. The van der Waals surface area contributed by atoms with E-state index in [9.17, 15) is 13.2 Å². The van der Waals surface area contributed by atoms with E-state index in [0.717, 1.165) is 47.5 Å². The Morgan fingerprint density at radius 2 is 1.78 bits per heavy atom. The molecule has 0 saturated heterocycles. The van der Waals surface area contributed by atoms with E-state index in [-0.39, 0.29) is 11.5 Å². The topological polar surface area (TPSA) is 90.3 Å². The number of rotatable bonds is 8. The number of benzene rings is 2. The first-order chi connectivity index (χ1) is 15.2. The van der Waals surface area contributed by atoms with Gasteiger partial charge in [-0.15, -0.1) is 0 Å². The van der Waals surface area contributed by atoms with E-state index in [1.54, 1.807) is 19.1 Å². The highest BCUT2D eigenvalue weighted by atomic mass is 32.2. The fourth-order valence-electron chi connectivity index (χ4n) is 3.52. The third kappa shape index (κ3) is 5.37. The van der Waals surface area contributed by atoms with Crippen molar-refractivity contribution in [2.45, 2.75) is 51.9 Å². The van der Waals surface area contributed by atoms with Gasteiger partial charge in [0.15, 0.2) is 0 Å². The number of carbonyl (C=O) groups excluding carboxylic acids is 1. The first kappa shape index (κ1) is 23.5. The molecule has 170 valence electrons. The number of sulfonamides is 1. The molecule has 0 bridgehead atoms. The summed E-state index contributed by atoms with van der Waals surface area (Å²) in [6.45, 7) is 7.71. The zero-order chi connectivity index (χ0) is 23.3. The van der Waals surface area contributed by atoms with Crippen molar-refractivity contribution in [3.05, 3.63) is 65.5 Å². The number of hydrogen-bond acceptors (Lipinski definition) is 5. The lowest BCUT2D eigenvalue weighted by Crippen LogP contribution is -2.31. The van der Waals surface area contributed by atoms with E-state index in [1.165, 1.54) is 6.07 Å². The van der Waals surface area contributed by atoms with Gasteiger partial charge in [0.2, 0.25) is 0 Å². The van der Waals surface area contributed by atoms with Crippen molar-refractivity contribution in [3.63, 3.8) is 0 Å². The van der Waals surface area contributed by atoms with Gasteiger partial charge in [-0.3, -0.25) is 0 Å². The minimum absolute atomic E-state index is 0.0162. The molecule has 0 aliphatic rings. The number of nitrogens with zero attached hydrogens (tertiary/aromatic N) is 2. The Labute approximate surface area is 189 Å². The lowest BCUT2D eigenvalue weighted by molar-refractivity contribution is 0.158. The number of ether oxygens (including phenoxy) is 1. The van der Waals surface area contributed by atoms with Gasteiger partial charge >= 0.3 is 6.09 Å². The zero-order valence-corrected chi connectivity index (χ0v) is 19.7. The second kappa shape index (κ2) is 9.99. The molecule has 3 aromatic rings. The van der Waals surface area contributed by atoms with Gasteiger partial charge in [-0.05, 0) is 63.4 Å². The van der Waals surface area contributed by atoms with Gasteiger partial charge in [0.25, 0.3) is 10.0 Å². The summed E-state index contributed by atoms with van der Waals surface area (Å²) in [6.07, 6.45) is 2.14. The van der Waals surface area contributed by atoms with Gasteiger partial charge in [-0.25, -0.2) is 22.6 Å². The van der Waals surface area contributed by atoms with E-state index < -0.39 is 16.1 Å². The molecule has 0 aliphatic heterocycles. The van der Waals surface area contributed by atoms with Crippen LogP contribution in [-0.4, -0.2) is 30.9 Å². The van der Waals surface area contributed by atoms with Gasteiger partial charge < -0.3 is 4.74 Å². The maximum absolute atomic E-state index is 12.8. The fourth-order valence-corrected chi connectivity index (χ4v) is 4.63. The van der Waals surface area contributed by atoms with Crippen LogP contribution in [0.25, 0.3) is 16.8 Å². The van der Waals surface area contributed by atoms with Gasteiger partial charge in [0.1, 0.15) is 0 Å². The molecular weight excluding hydrogens is 426 g/mol. The van der Waals surface area contributed by atoms with E-state index in [4.69, 9.17) is 4.74 Å². The van der Waals surface area contributed by atoms with Crippen molar-refractivity contribution in [1.29, 1.82) is 0 Å². The lowest BCUT2D eigenvalue weighted by Gasteiger charge is -2.13. The largest absolute Gasteiger partial charge is 0.449 e. The predicted molar refractivity (Wildman–Crippen MR) is 124 cm³/mol. The van der Waals surface area contributed by atoms with Crippen molar-refractivity contribution in [3.8, 4) is 16.8 Å². The standard InChI is InChI=1S/C24H29N3O4S/c1-5-7-8-21-16-18(4)25-27(21)20-12-10-19(11-13-20)22-15-17(3)9-14-23(22)32(29,30)26-24(28)31-6-2/h9-16H,5-8H2,1-4H3,(H,26,28). The maximum Gasteiger partial charge on any atom is 0.421 e.